The third-order valence-electron chi connectivity index (χ3n) is 7.52. The van der Waals surface area contributed by atoms with Crippen molar-refractivity contribution in [1.82, 2.24) is 19.6 Å². The molecule has 0 bridgehead atoms. The second-order valence-corrected chi connectivity index (χ2v) is 9.43. The van der Waals surface area contributed by atoms with E-state index in [1.807, 2.05) is 9.80 Å². The number of nitrogens with zero attached hydrogens (tertiary/aromatic N) is 4. The second kappa shape index (κ2) is 8.22. The number of rotatable bonds is 4. The van der Waals surface area contributed by atoms with E-state index < -0.39 is 11.3 Å². The van der Waals surface area contributed by atoms with Gasteiger partial charge < -0.3 is 20.4 Å². The van der Waals surface area contributed by atoms with Crippen LogP contribution in [0.5, 0.6) is 0 Å². The van der Waals surface area contributed by atoms with Gasteiger partial charge in [-0.2, -0.15) is 0 Å². The lowest BCUT2D eigenvalue weighted by atomic mass is 9.92. The van der Waals surface area contributed by atoms with Crippen LogP contribution in [0.1, 0.15) is 38.5 Å². The van der Waals surface area contributed by atoms with Gasteiger partial charge >= 0.3 is 0 Å². The Morgan fingerprint density at radius 2 is 1.52 bits per heavy atom. The molecule has 3 heterocycles. The molecular weight excluding hydrogens is 370 g/mol. The molecular formula is C21H35N5O3. The number of hydrogen-bond acceptors (Lipinski definition) is 5. The van der Waals surface area contributed by atoms with Gasteiger partial charge in [0.25, 0.3) is 0 Å². The molecule has 4 rings (SSSR count). The first-order chi connectivity index (χ1) is 13.9. The highest BCUT2D eigenvalue weighted by Crippen LogP contribution is 2.47. The molecule has 1 saturated carbocycles. The molecule has 0 aromatic carbocycles. The number of carbonyl (C=O) groups excluding carboxylic acids is 3. The highest BCUT2D eigenvalue weighted by molar-refractivity contribution is 6.07. The van der Waals surface area contributed by atoms with E-state index in [-0.39, 0.29) is 11.8 Å². The summed E-state index contributed by atoms with van der Waals surface area (Å²) in [5.41, 5.74) is 4.56. The van der Waals surface area contributed by atoms with Gasteiger partial charge in [0.15, 0.2) is 0 Å². The molecule has 4 fully saturated rings. The van der Waals surface area contributed by atoms with E-state index in [4.69, 9.17) is 5.73 Å². The van der Waals surface area contributed by atoms with Crippen LogP contribution in [0, 0.1) is 11.3 Å². The summed E-state index contributed by atoms with van der Waals surface area (Å²) in [6, 6.07) is 0.422. The molecule has 1 atom stereocenters. The summed E-state index contributed by atoms with van der Waals surface area (Å²) < 4.78 is 0. The molecule has 1 aliphatic carbocycles. The van der Waals surface area contributed by atoms with Gasteiger partial charge in [-0.25, -0.2) is 0 Å². The maximum atomic E-state index is 13.0. The van der Waals surface area contributed by atoms with Crippen LogP contribution in [-0.2, 0) is 14.4 Å². The quantitative estimate of drug-likeness (QED) is 0.651. The fourth-order valence-corrected chi connectivity index (χ4v) is 5.25. The molecule has 3 saturated heterocycles. The van der Waals surface area contributed by atoms with E-state index in [0.717, 1.165) is 65.0 Å². The van der Waals surface area contributed by atoms with E-state index in [0.29, 0.717) is 37.9 Å². The largest absolute Gasteiger partial charge is 0.369 e. The number of amides is 3. The minimum Gasteiger partial charge on any atom is -0.369 e. The number of hydrogen-bond donors (Lipinski definition) is 1. The van der Waals surface area contributed by atoms with Crippen molar-refractivity contribution < 1.29 is 14.4 Å². The average Bonchev–Trinajstić information content (AvgIpc) is 3.56. The first-order valence-corrected chi connectivity index (χ1v) is 11.2. The van der Waals surface area contributed by atoms with E-state index in [1.165, 1.54) is 0 Å². The highest BCUT2D eigenvalue weighted by Gasteiger charge is 2.57. The monoisotopic (exact) mass is 405 g/mol. The summed E-state index contributed by atoms with van der Waals surface area (Å²) in [4.78, 5) is 46.0. The molecule has 29 heavy (non-hydrogen) atoms. The number of primary amides is 1. The number of likely N-dealkylation sites (tertiary alicyclic amines) is 2. The van der Waals surface area contributed by atoms with Gasteiger partial charge in [0.1, 0.15) is 5.41 Å². The van der Waals surface area contributed by atoms with Crippen molar-refractivity contribution >= 4 is 17.7 Å². The average molecular weight is 406 g/mol. The number of carbonyl (C=O) groups is 3. The van der Waals surface area contributed by atoms with Crippen LogP contribution in [0.15, 0.2) is 0 Å². The van der Waals surface area contributed by atoms with Gasteiger partial charge in [0, 0.05) is 51.9 Å². The third kappa shape index (κ3) is 4.14. The van der Waals surface area contributed by atoms with Crippen molar-refractivity contribution in [2.75, 3.05) is 59.4 Å². The van der Waals surface area contributed by atoms with Crippen molar-refractivity contribution in [3.05, 3.63) is 0 Å². The Morgan fingerprint density at radius 1 is 0.862 bits per heavy atom. The van der Waals surface area contributed by atoms with Gasteiger partial charge in [-0.1, -0.05) is 0 Å². The zero-order valence-electron chi connectivity index (χ0n) is 17.6. The molecule has 2 N–H and O–H groups in total. The standard InChI is InChI=1S/C21H35N5O3/c1-23-11-13-24(14-12-23)18(27)16-3-2-8-26(15-16)17-4-9-25(10-5-17)20(29)21(6-7-21)19(22)28/h16-17H,2-15H2,1H3,(H2,22,28). The predicted molar refractivity (Wildman–Crippen MR) is 109 cm³/mol. The number of piperazine rings is 1. The lowest BCUT2D eigenvalue weighted by Crippen LogP contribution is -2.55. The molecule has 1 unspecified atom stereocenters. The molecule has 8 heteroatoms. The SMILES string of the molecule is CN1CCN(C(=O)C2CCCN(C3CCN(C(=O)C4(C(N)=O)CC4)CC3)C2)CC1. The van der Waals surface area contributed by atoms with Crippen molar-refractivity contribution in [1.29, 1.82) is 0 Å². The van der Waals surface area contributed by atoms with Crippen molar-refractivity contribution in [3.63, 3.8) is 0 Å². The minimum atomic E-state index is -0.905. The molecule has 3 aliphatic heterocycles. The molecule has 3 amide bonds. The lowest BCUT2D eigenvalue weighted by Gasteiger charge is -2.43. The molecule has 0 spiro atoms. The molecule has 0 aromatic heterocycles. The van der Waals surface area contributed by atoms with Crippen LogP contribution in [0.25, 0.3) is 0 Å². The van der Waals surface area contributed by atoms with Crippen LogP contribution in [0.3, 0.4) is 0 Å². The van der Waals surface area contributed by atoms with E-state index >= 15 is 0 Å². The second-order valence-electron chi connectivity index (χ2n) is 9.43. The fourth-order valence-electron chi connectivity index (χ4n) is 5.25. The number of piperidine rings is 2. The van der Waals surface area contributed by atoms with Crippen LogP contribution >= 0.6 is 0 Å². The summed E-state index contributed by atoms with van der Waals surface area (Å²) in [6.45, 7) is 6.86. The Kier molecular flexibility index (Phi) is 5.84. The number of likely N-dealkylation sites (N-methyl/N-ethyl adjacent to an activating group) is 1. The smallest absolute Gasteiger partial charge is 0.238 e. The van der Waals surface area contributed by atoms with Crippen LogP contribution < -0.4 is 5.73 Å². The molecule has 162 valence electrons. The summed E-state index contributed by atoms with van der Waals surface area (Å²) >= 11 is 0. The van der Waals surface area contributed by atoms with Gasteiger partial charge in [0.05, 0.1) is 5.92 Å². The first-order valence-electron chi connectivity index (χ1n) is 11.2. The summed E-state index contributed by atoms with van der Waals surface area (Å²) in [6.07, 6.45) is 5.08. The summed E-state index contributed by atoms with van der Waals surface area (Å²) in [7, 11) is 2.11. The topological polar surface area (TPSA) is 90.2 Å². The lowest BCUT2D eigenvalue weighted by molar-refractivity contribution is -0.144. The summed E-state index contributed by atoms with van der Waals surface area (Å²) in [5.74, 6) is -0.0971. The Bertz CT molecular complexity index is 649. The molecule has 8 nitrogen and oxygen atoms in total. The van der Waals surface area contributed by atoms with E-state index in [9.17, 15) is 14.4 Å². The van der Waals surface area contributed by atoms with Crippen molar-refractivity contribution in [3.8, 4) is 0 Å². The first kappa shape index (κ1) is 20.6. The van der Waals surface area contributed by atoms with Crippen LogP contribution in [0.2, 0.25) is 0 Å². The van der Waals surface area contributed by atoms with E-state index in [2.05, 4.69) is 16.8 Å². The predicted octanol–water partition coefficient (Wildman–Crippen LogP) is -0.271. The fraction of sp³-hybridized carbons (Fsp3) is 0.857. The zero-order chi connectivity index (χ0) is 20.6. The third-order valence-corrected chi connectivity index (χ3v) is 7.52. The van der Waals surface area contributed by atoms with Gasteiger partial charge in [-0.15, -0.1) is 0 Å². The Balaban J connectivity index is 1.28. The normalized spacial score (nSPS) is 28.9. The highest BCUT2D eigenvalue weighted by atomic mass is 16.2. The Hall–Kier alpha value is -1.67. The zero-order valence-corrected chi connectivity index (χ0v) is 17.6. The van der Waals surface area contributed by atoms with Gasteiger partial charge in [0.2, 0.25) is 17.7 Å². The Morgan fingerprint density at radius 3 is 2.10 bits per heavy atom. The van der Waals surface area contributed by atoms with Crippen LogP contribution in [0.4, 0.5) is 0 Å². The van der Waals surface area contributed by atoms with E-state index in [1.54, 1.807) is 0 Å². The number of nitrogens with two attached hydrogens (primary N) is 1. The van der Waals surface area contributed by atoms with Gasteiger partial charge in [-0.3, -0.25) is 19.3 Å². The van der Waals surface area contributed by atoms with Gasteiger partial charge in [-0.05, 0) is 52.1 Å². The molecule has 0 aromatic rings. The maximum absolute atomic E-state index is 13.0. The maximum Gasteiger partial charge on any atom is 0.238 e. The van der Waals surface area contributed by atoms with Crippen molar-refractivity contribution in [2.45, 2.75) is 44.6 Å². The molecule has 4 aliphatic rings. The summed E-state index contributed by atoms with van der Waals surface area (Å²) in [5, 5.41) is 0. The molecule has 0 radical (unpaired) electrons. The van der Waals surface area contributed by atoms with Crippen LogP contribution in [-0.4, -0.2) is 103 Å². The Labute approximate surface area is 173 Å². The van der Waals surface area contributed by atoms with Crippen molar-refractivity contribution in [2.24, 2.45) is 17.1 Å². The minimum absolute atomic E-state index is 0.0646.